The molecule has 0 heterocycles. The Labute approximate surface area is 101 Å². The first-order chi connectivity index (χ1) is 7.69. The van der Waals surface area contributed by atoms with Gasteiger partial charge in [0.05, 0.1) is 0 Å². The molecule has 1 atom stereocenters. The van der Waals surface area contributed by atoms with Crippen molar-refractivity contribution in [3.05, 3.63) is 34.6 Å². The lowest BCUT2D eigenvalue weighted by atomic mass is 10.0. The van der Waals surface area contributed by atoms with Gasteiger partial charge in [0.2, 0.25) is 0 Å². The molecule has 4 heteroatoms. The maximum Gasteiger partial charge on any atom is 0.124 e. The summed E-state index contributed by atoms with van der Waals surface area (Å²) in [7, 11) is 0. The number of benzene rings is 1. The topological polar surface area (TPSA) is 38.0 Å². The predicted molar refractivity (Wildman–Crippen MR) is 65.6 cm³/mol. The lowest BCUT2D eigenvalue weighted by Crippen LogP contribution is -2.28. The van der Waals surface area contributed by atoms with E-state index in [1.165, 1.54) is 12.1 Å². The second-order valence-electron chi connectivity index (χ2n) is 3.88. The summed E-state index contributed by atoms with van der Waals surface area (Å²) in [6, 6.07) is 4.42. The minimum Gasteiger partial charge on any atom is -0.271 e. The average Bonchev–Trinajstić information content (AvgIpc) is 2.26. The van der Waals surface area contributed by atoms with E-state index in [0.29, 0.717) is 5.02 Å². The zero-order valence-corrected chi connectivity index (χ0v) is 10.2. The highest BCUT2D eigenvalue weighted by atomic mass is 35.5. The van der Waals surface area contributed by atoms with Crippen molar-refractivity contribution in [2.75, 3.05) is 0 Å². The standard InChI is InChI=1S/C12H18ClFN2/c1-2-3-4-5-12(16-15)10-7-6-9(14)8-11(10)13/h6-8,12,16H,2-5,15H2,1H3. The molecule has 0 aliphatic heterocycles. The van der Waals surface area contributed by atoms with Crippen LogP contribution in [0.1, 0.15) is 44.2 Å². The van der Waals surface area contributed by atoms with Crippen molar-refractivity contribution < 1.29 is 4.39 Å². The summed E-state index contributed by atoms with van der Waals surface area (Å²) in [5.74, 6) is 5.17. The third kappa shape index (κ3) is 3.74. The van der Waals surface area contributed by atoms with E-state index in [1.54, 1.807) is 6.07 Å². The van der Waals surface area contributed by atoms with E-state index in [1.807, 2.05) is 0 Å². The first-order valence-electron chi connectivity index (χ1n) is 5.60. The normalized spacial score (nSPS) is 12.8. The van der Waals surface area contributed by atoms with Crippen LogP contribution in [0.2, 0.25) is 5.02 Å². The van der Waals surface area contributed by atoms with E-state index in [2.05, 4.69) is 12.3 Å². The van der Waals surface area contributed by atoms with Crippen LogP contribution in [-0.4, -0.2) is 0 Å². The van der Waals surface area contributed by atoms with E-state index < -0.39 is 0 Å². The van der Waals surface area contributed by atoms with Crippen LogP contribution in [0, 0.1) is 5.82 Å². The van der Waals surface area contributed by atoms with Crippen LogP contribution < -0.4 is 11.3 Å². The van der Waals surface area contributed by atoms with Crippen LogP contribution in [0.15, 0.2) is 18.2 Å². The van der Waals surface area contributed by atoms with Gasteiger partial charge in [-0.05, 0) is 24.1 Å². The van der Waals surface area contributed by atoms with Crippen molar-refractivity contribution in [1.82, 2.24) is 5.43 Å². The van der Waals surface area contributed by atoms with Gasteiger partial charge in [-0.25, -0.2) is 4.39 Å². The van der Waals surface area contributed by atoms with Gasteiger partial charge in [0.25, 0.3) is 0 Å². The number of unbranched alkanes of at least 4 members (excludes halogenated alkanes) is 2. The fourth-order valence-corrected chi connectivity index (χ4v) is 2.01. The minimum atomic E-state index is -0.321. The van der Waals surface area contributed by atoms with Crippen LogP contribution in [0.4, 0.5) is 4.39 Å². The first kappa shape index (κ1) is 13.4. The van der Waals surface area contributed by atoms with Gasteiger partial charge in [0.1, 0.15) is 5.82 Å². The molecule has 3 N–H and O–H groups in total. The number of hydrazine groups is 1. The third-order valence-corrected chi connectivity index (χ3v) is 2.96. The fourth-order valence-electron chi connectivity index (χ4n) is 1.71. The second-order valence-corrected chi connectivity index (χ2v) is 4.29. The van der Waals surface area contributed by atoms with Crippen LogP contribution in [0.3, 0.4) is 0 Å². The van der Waals surface area contributed by atoms with E-state index >= 15 is 0 Å². The zero-order valence-electron chi connectivity index (χ0n) is 9.47. The van der Waals surface area contributed by atoms with Crippen LogP contribution >= 0.6 is 11.6 Å². The molecule has 0 fully saturated rings. The summed E-state index contributed by atoms with van der Waals surface area (Å²) in [6.45, 7) is 2.15. The Balaban J connectivity index is 2.70. The highest BCUT2D eigenvalue weighted by Gasteiger charge is 2.13. The van der Waals surface area contributed by atoms with Crippen molar-refractivity contribution >= 4 is 11.6 Å². The van der Waals surface area contributed by atoms with Gasteiger partial charge >= 0.3 is 0 Å². The summed E-state index contributed by atoms with van der Waals surface area (Å²) in [4.78, 5) is 0. The molecule has 16 heavy (non-hydrogen) atoms. The van der Waals surface area contributed by atoms with Crippen LogP contribution in [0.25, 0.3) is 0 Å². The molecule has 0 aliphatic rings. The molecule has 0 saturated carbocycles. The fraction of sp³-hybridized carbons (Fsp3) is 0.500. The number of hydrogen-bond donors (Lipinski definition) is 2. The molecular weight excluding hydrogens is 227 g/mol. The number of rotatable bonds is 6. The van der Waals surface area contributed by atoms with Gasteiger partial charge in [0.15, 0.2) is 0 Å². The molecule has 0 bridgehead atoms. The van der Waals surface area contributed by atoms with Crippen LogP contribution in [0.5, 0.6) is 0 Å². The first-order valence-corrected chi connectivity index (χ1v) is 5.98. The van der Waals surface area contributed by atoms with E-state index in [4.69, 9.17) is 17.4 Å². The monoisotopic (exact) mass is 244 g/mol. The Bertz CT molecular complexity index is 331. The van der Waals surface area contributed by atoms with Crippen molar-refractivity contribution in [3.63, 3.8) is 0 Å². The highest BCUT2D eigenvalue weighted by molar-refractivity contribution is 6.31. The van der Waals surface area contributed by atoms with Crippen molar-refractivity contribution in [3.8, 4) is 0 Å². The maximum atomic E-state index is 12.9. The quantitative estimate of drug-likeness (QED) is 0.456. The van der Waals surface area contributed by atoms with Gasteiger partial charge in [-0.2, -0.15) is 0 Å². The largest absolute Gasteiger partial charge is 0.271 e. The number of nitrogens with one attached hydrogen (secondary N) is 1. The Morgan fingerprint density at radius 3 is 2.75 bits per heavy atom. The summed E-state index contributed by atoms with van der Waals surface area (Å²) < 4.78 is 12.9. The average molecular weight is 245 g/mol. The summed E-state index contributed by atoms with van der Waals surface area (Å²) in [5, 5.41) is 0.430. The molecule has 0 spiro atoms. The lowest BCUT2D eigenvalue weighted by Gasteiger charge is -2.17. The highest BCUT2D eigenvalue weighted by Crippen LogP contribution is 2.26. The SMILES string of the molecule is CCCCCC(NN)c1ccc(F)cc1Cl. The summed E-state index contributed by atoms with van der Waals surface area (Å²) in [5.41, 5.74) is 3.59. The molecule has 2 nitrogen and oxygen atoms in total. The van der Waals surface area contributed by atoms with Crippen molar-refractivity contribution in [2.24, 2.45) is 5.84 Å². The van der Waals surface area contributed by atoms with Crippen LogP contribution in [-0.2, 0) is 0 Å². The third-order valence-electron chi connectivity index (χ3n) is 2.64. The zero-order chi connectivity index (χ0) is 12.0. The molecule has 0 saturated heterocycles. The summed E-state index contributed by atoms with van der Waals surface area (Å²) >= 11 is 5.98. The molecule has 90 valence electrons. The molecule has 1 unspecified atom stereocenters. The second kappa shape index (κ2) is 6.84. The molecule has 0 amide bonds. The van der Waals surface area contributed by atoms with Crippen molar-refractivity contribution in [1.29, 1.82) is 0 Å². The molecule has 1 aromatic carbocycles. The van der Waals surface area contributed by atoms with Gasteiger partial charge in [-0.3, -0.25) is 11.3 Å². The number of halogens is 2. The van der Waals surface area contributed by atoms with E-state index in [9.17, 15) is 4.39 Å². The number of hydrogen-bond acceptors (Lipinski definition) is 2. The Morgan fingerprint density at radius 1 is 1.44 bits per heavy atom. The lowest BCUT2D eigenvalue weighted by molar-refractivity contribution is 0.486. The minimum absolute atomic E-state index is 0.000324. The Kier molecular flexibility index (Phi) is 5.74. The van der Waals surface area contributed by atoms with Gasteiger partial charge in [-0.1, -0.05) is 43.9 Å². The number of nitrogens with two attached hydrogens (primary N) is 1. The van der Waals surface area contributed by atoms with Crippen molar-refractivity contribution in [2.45, 2.75) is 38.6 Å². The molecule has 0 aliphatic carbocycles. The van der Waals surface area contributed by atoms with Gasteiger partial charge in [-0.15, -0.1) is 0 Å². The smallest absolute Gasteiger partial charge is 0.124 e. The Hall–Kier alpha value is -0.640. The van der Waals surface area contributed by atoms with E-state index in [0.717, 1.165) is 31.2 Å². The summed E-state index contributed by atoms with van der Waals surface area (Å²) in [6.07, 6.45) is 4.32. The molecule has 0 radical (unpaired) electrons. The molecule has 1 aromatic rings. The van der Waals surface area contributed by atoms with Gasteiger partial charge < -0.3 is 0 Å². The molecule has 1 rings (SSSR count). The molecular formula is C12H18ClFN2. The predicted octanol–water partition coefficient (Wildman–Crippen LogP) is 3.56. The van der Waals surface area contributed by atoms with E-state index in [-0.39, 0.29) is 11.9 Å². The molecule has 0 aromatic heterocycles. The Morgan fingerprint density at radius 2 is 2.19 bits per heavy atom. The van der Waals surface area contributed by atoms with Gasteiger partial charge in [0, 0.05) is 11.1 Å². The maximum absolute atomic E-state index is 12.9.